The highest BCUT2D eigenvalue weighted by Gasteiger charge is 2.27. The maximum absolute atomic E-state index is 12.3. The number of para-hydroxylation sites is 2. The number of aryl methyl sites for hydroxylation is 1. The third-order valence-corrected chi connectivity index (χ3v) is 3.95. The second-order valence-electron chi connectivity index (χ2n) is 5.70. The van der Waals surface area contributed by atoms with Crippen molar-refractivity contribution < 1.29 is 18.7 Å². The molecule has 1 N–H and O–H groups in total. The van der Waals surface area contributed by atoms with Crippen molar-refractivity contribution >= 4 is 5.91 Å². The van der Waals surface area contributed by atoms with Gasteiger partial charge in [0.15, 0.2) is 17.3 Å². The summed E-state index contributed by atoms with van der Waals surface area (Å²) < 4.78 is 18.4. The lowest BCUT2D eigenvalue weighted by Crippen LogP contribution is -2.43. The molecule has 1 atom stereocenters. The lowest BCUT2D eigenvalue weighted by Gasteiger charge is -2.25. The zero-order chi connectivity index (χ0) is 17.2. The van der Waals surface area contributed by atoms with Crippen molar-refractivity contribution in [2.75, 3.05) is 6.61 Å². The van der Waals surface area contributed by atoms with Crippen LogP contribution in [0.5, 0.6) is 11.5 Å². The maximum atomic E-state index is 12.3. The summed E-state index contributed by atoms with van der Waals surface area (Å²) in [7, 11) is 1.83. The van der Waals surface area contributed by atoms with E-state index in [9.17, 15) is 4.79 Å². The van der Waals surface area contributed by atoms with Crippen LogP contribution in [0.2, 0.25) is 0 Å². The van der Waals surface area contributed by atoms with Gasteiger partial charge < -0.3 is 19.2 Å². The summed E-state index contributed by atoms with van der Waals surface area (Å²) in [6.07, 6.45) is 0.935. The molecular weight excluding hydrogens is 322 g/mol. The van der Waals surface area contributed by atoms with E-state index in [4.69, 9.17) is 13.9 Å². The summed E-state index contributed by atoms with van der Waals surface area (Å²) in [5.74, 6) is 1.72. The number of carbonyl (C=O) groups excluding carboxylic acids is 1. The molecule has 0 bridgehead atoms. The molecule has 3 heterocycles. The number of nitrogens with zero attached hydrogens (tertiary/aromatic N) is 2. The first kappa shape index (κ1) is 15.3. The molecule has 0 saturated heterocycles. The smallest absolute Gasteiger partial charge is 0.265 e. The highest BCUT2D eigenvalue weighted by molar-refractivity contribution is 5.81. The summed E-state index contributed by atoms with van der Waals surface area (Å²) in [5.41, 5.74) is 1.58. The standard InChI is InChI=1S/C18H17N3O4/c1-21-13(14-7-4-8-23-14)9-12(20-21)10-19-18(22)17-11-24-15-5-2-3-6-16(15)25-17/h2-9,17H,10-11H2,1H3,(H,19,22)/t17-/m1/s1. The van der Waals surface area contributed by atoms with Gasteiger partial charge >= 0.3 is 0 Å². The van der Waals surface area contributed by atoms with Gasteiger partial charge in [0.2, 0.25) is 6.10 Å². The lowest BCUT2D eigenvalue weighted by atomic mass is 10.2. The second-order valence-corrected chi connectivity index (χ2v) is 5.70. The molecule has 1 aliphatic heterocycles. The fraction of sp³-hybridized carbons (Fsp3) is 0.222. The average Bonchev–Trinajstić information content (AvgIpc) is 3.28. The Balaban J connectivity index is 1.39. The van der Waals surface area contributed by atoms with Crippen LogP contribution in [-0.4, -0.2) is 28.4 Å². The Morgan fingerprint density at radius 2 is 2.12 bits per heavy atom. The van der Waals surface area contributed by atoms with Crippen LogP contribution in [0.25, 0.3) is 11.5 Å². The van der Waals surface area contributed by atoms with Crippen LogP contribution in [0.1, 0.15) is 5.69 Å². The number of hydrogen-bond donors (Lipinski definition) is 1. The largest absolute Gasteiger partial charge is 0.485 e. The number of rotatable bonds is 4. The van der Waals surface area contributed by atoms with Crippen molar-refractivity contribution in [3.63, 3.8) is 0 Å². The van der Waals surface area contributed by atoms with E-state index in [1.165, 1.54) is 0 Å². The molecule has 0 radical (unpaired) electrons. The molecule has 1 aromatic carbocycles. The molecule has 0 unspecified atom stereocenters. The van der Waals surface area contributed by atoms with Crippen LogP contribution in [-0.2, 0) is 18.4 Å². The normalized spacial score (nSPS) is 15.8. The zero-order valence-corrected chi connectivity index (χ0v) is 13.6. The number of benzene rings is 1. The van der Waals surface area contributed by atoms with Gasteiger partial charge in [0.1, 0.15) is 12.3 Å². The van der Waals surface area contributed by atoms with E-state index >= 15 is 0 Å². The van der Waals surface area contributed by atoms with E-state index in [2.05, 4.69) is 10.4 Å². The molecule has 0 fully saturated rings. The van der Waals surface area contributed by atoms with Crippen molar-refractivity contribution in [2.45, 2.75) is 12.6 Å². The molecule has 7 heteroatoms. The number of ether oxygens (including phenoxy) is 2. The Kier molecular flexibility index (Phi) is 3.89. The van der Waals surface area contributed by atoms with Crippen LogP contribution in [0, 0.1) is 0 Å². The quantitative estimate of drug-likeness (QED) is 0.788. The van der Waals surface area contributed by atoms with E-state index in [1.54, 1.807) is 17.0 Å². The predicted molar refractivity (Wildman–Crippen MR) is 89.1 cm³/mol. The Morgan fingerprint density at radius 1 is 1.28 bits per heavy atom. The summed E-state index contributed by atoms with van der Waals surface area (Å²) in [4.78, 5) is 12.3. The molecule has 7 nitrogen and oxygen atoms in total. The van der Waals surface area contributed by atoms with Gasteiger partial charge in [0, 0.05) is 7.05 Å². The fourth-order valence-corrected chi connectivity index (χ4v) is 2.71. The van der Waals surface area contributed by atoms with Gasteiger partial charge in [-0.25, -0.2) is 0 Å². The number of carbonyl (C=O) groups is 1. The third kappa shape index (κ3) is 3.08. The number of hydrogen-bond acceptors (Lipinski definition) is 5. The predicted octanol–water partition coefficient (Wildman–Crippen LogP) is 2.14. The number of fused-ring (bicyclic) bond motifs is 1. The van der Waals surface area contributed by atoms with Crippen molar-refractivity contribution in [2.24, 2.45) is 7.05 Å². The SMILES string of the molecule is Cn1nc(CNC(=O)[C@H]2COc3ccccc3O2)cc1-c1ccco1. The molecule has 2 aromatic heterocycles. The average molecular weight is 339 g/mol. The van der Waals surface area contributed by atoms with Gasteiger partial charge in [-0.2, -0.15) is 5.10 Å². The lowest BCUT2D eigenvalue weighted by molar-refractivity contribution is -0.130. The molecule has 1 aliphatic rings. The minimum atomic E-state index is -0.678. The molecule has 4 rings (SSSR count). The van der Waals surface area contributed by atoms with E-state index in [-0.39, 0.29) is 12.5 Å². The minimum Gasteiger partial charge on any atom is -0.485 e. The van der Waals surface area contributed by atoms with Gasteiger partial charge in [0.05, 0.1) is 18.5 Å². The van der Waals surface area contributed by atoms with Gasteiger partial charge in [-0.05, 0) is 30.3 Å². The second kappa shape index (κ2) is 6.35. The Bertz CT molecular complexity index is 886. The molecule has 0 aliphatic carbocycles. The molecular formula is C18H17N3O4. The molecule has 25 heavy (non-hydrogen) atoms. The molecule has 3 aromatic rings. The highest BCUT2D eigenvalue weighted by Crippen LogP contribution is 2.30. The number of nitrogens with one attached hydrogen (secondary N) is 1. The summed E-state index contributed by atoms with van der Waals surface area (Å²) in [5, 5.41) is 7.22. The molecule has 1 amide bonds. The van der Waals surface area contributed by atoms with Gasteiger partial charge in [-0.1, -0.05) is 12.1 Å². The van der Waals surface area contributed by atoms with Crippen LogP contribution in [0.15, 0.2) is 53.1 Å². The summed E-state index contributed by atoms with van der Waals surface area (Å²) in [6.45, 7) is 0.484. The van der Waals surface area contributed by atoms with Crippen molar-refractivity contribution in [1.29, 1.82) is 0 Å². The van der Waals surface area contributed by atoms with Gasteiger partial charge in [-0.15, -0.1) is 0 Å². The number of aromatic nitrogens is 2. The Morgan fingerprint density at radius 3 is 2.92 bits per heavy atom. The fourth-order valence-electron chi connectivity index (χ4n) is 2.71. The topological polar surface area (TPSA) is 78.5 Å². The molecule has 128 valence electrons. The van der Waals surface area contributed by atoms with E-state index in [0.717, 1.165) is 17.1 Å². The van der Waals surface area contributed by atoms with E-state index in [0.29, 0.717) is 18.0 Å². The third-order valence-electron chi connectivity index (χ3n) is 3.95. The zero-order valence-electron chi connectivity index (χ0n) is 13.6. The van der Waals surface area contributed by atoms with Gasteiger partial charge in [-0.3, -0.25) is 9.48 Å². The number of amides is 1. The van der Waals surface area contributed by atoms with E-state index < -0.39 is 6.10 Å². The summed E-state index contributed by atoms with van der Waals surface area (Å²) in [6, 6.07) is 12.9. The highest BCUT2D eigenvalue weighted by atomic mass is 16.6. The van der Waals surface area contributed by atoms with Crippen molar-refractivity contribution in [3.05, 3.63) is 54.4 Å². The van der Waals surface area contributed by atoms with E-state index in [1.807, 2.05) is 43.4 Å². The first-order valence-electron chi connectivity index (χ1n) is 7.94. The van der Waals surface area contributed by atoms with Crippen LogP contribution < -0.4 is 14.8 Å². The van der Waals surface area contributed by atoms with Crippen LogP contribution in [0.4, 0.5) is 0 Å². The summed E-state index contributed by atoms with van der Waals surface area (Å²) >= 11 is 0. The number of furan rings is 1. The molecule has 0 spiro atoms. The van der Waals surface area contributed by atoms with Crippen LogP contribution in [0.3, 0.4) is 0 Å². The Hall–Kier alpha value is -3.22. The van der Waals surface area contributed by atoms with Crippen molar-refractivity contribution in [1.82, 2.24) is 15.1 Å². The first-order valence-corrected chi connectivity index (χ1v) is 7.94. The first-order chi connectivity index (χ1) is 12.2. The van der Waals surface area contributed by atoms with Crippen LogP contribution >= 0.6 is 0 Å². The maximum Gasteiger partial charge on any atom is 0.265 e. The molecule has 0 saturated carbocycles. The Labute approximate surface area is 144 Å². The van der Waals surface area contributed by atoms with Crippen molar-refractivity contribution in [3.8, 4) is 23.0 Å². The minimum absolute atomic E-state index is 0.183. The monoisotopic (exact) mass is 339 g/mol. The van der Waals surface area contributed by atoms with Gasteiger partial charge in [0.25, 0.3) is 5.91 Å².